The van der Waals surface area contributed by atoms with E-state index in [9.17, 15) is 0 Å². The molecule has 3 heterocycles. The summed E-state index contributed by atoms with van der Waals surface area (Å²) in [6.45, 7) is 6.42. The molecule has 2 N–H and O–H groups in total. The number of aliphatic imine (C=N–C) groups is 1. The van der Waals surface area contributed by atoms with E-state index in [2.05, 4.69) is 57.2 Å². The summed E-state index contributed by atoms with van der Waals surface area (Å²) < 4.78 is 1.96. The van der Waals surface area contributed by atoms with Crippen LogP contribution in [0.3, 0.4) is 0 Å². The third-order valence-corrected chi connectivity index (χ3v) is 4.82. The minimum Gasteiger partial charge on any atom is -0.357 e. The second-order valence-electron chi connectivity index (χ2n) is 5.54. The number of hydrogen-bond donors (Lipinski definition) is 2. The van der Waals surface area contributed by atoms with Crippen LogP contribution in [0, 0.1) is 0 Å². The van der Waals surface area contributed by atoms with Crippen molar-refractivity contribution in [3.05, 3.63) is 52.6 Å². The number of hydrogen-bond acceptors (Lipinski definition) is 4. The van der Waals surface area contributed by atoms with E-state index in [0.29, 0.717) is 12.5 Å². The molecule has 6 nitrogen and oxygen atoms in total. The van der Waals surface area contributed by atoms with Gasteiger partial charge in [-0.3, -0.25) is 4.40 Å². The van der Waals surface area contributed by atoms with Crippen LogP contribution >= 0.6 is 11.3 Å². The van der Waals surface area contributed by atoms with Crippen LogP contribution in [-0.4, -0.2) is 33.6 Å². The summed E-state index contributed by atoms with van der Waals surface area (Å²) in [4.78, 5) is 6.01. The lowest BCUT2D eigenvalue weighted by molar-refractivity contribution is 0.707. The van der Waals surface area contributed by atoms with Crippen molar-refractivity contribution in [3.8, 4) is 0 Å². The summed E-state index contributed by atoms with van der Waals surface area (Å²) in [6.07, 6.45) is 1.96. The summed E-state index contributed by atoms with van der Waals surface area (Å²) in [5.41, 5.74) is 0.840. The largest absolute Gasteiger partial charge is 0.357 e. The lowest BCUT2D eigenvalue weighted by Gasteiger charge is -2.14. The molecular formula is C17H22N6S. The molecule has 0 aliphatic carbocycles. The maximum absolute atomic E-state index is 4.63. The van der Waals surface area contributed by atoms with Crippen LogP contribution in [0.4, 0.5) is 0 Å². The molecule has 0 amide bonds. The lowest BCUT2D eigenvalue weighted by atomic mass is 10.1. The quantitative estimate of drug-likeness (QED) is 0.534. The monoisotopic (exact) mass is 342 g/mol. The van der Waals surface area contributed by atoms with Crippen LogP contribution < -0.4 is 10.6 Å². The molecule has 3 aromatic heterocycles. The Morgan fingerprint density at radius 1 is 1.25 bits per heavy atom. The fourth-order valence-corrected chi connectivity index (χ4v) is 3.20. The van der Waals surface area contributed by atoms with Crippen LogP contribution in [0.1, 0.15) is 30.5 Å². The highest BCUT2D eigenvalue weighted by Gasteiger charge is 2.08. The smallest absolute Gasteiger partial charge is 0.191 e. The van der Waals surface area contributed by atoms with Crippen molar-refractivity contribution >= 4 is 22.9 Å². The number of aromatic nitrogens is 3. The Labute approximate surface area is 145 Å². The molecule has 0 aromatic carbocycles. The number of nitrogens with zero attached hydrogens (tertiary/aromatic N) is 4. The van der Waals surface area contributed by atoms with E-state index >= 15 is 0 Å². The first-order valence-electron chi connectivity index (χ1n) is 8.12. The van der Waals surface area contributed by atoms with Gasteiger partial charge >= 0.3 is 0 Å². The molecule has 0 fully saturated rings. The van der Waals surface area contributed by atoms with E-state index in [1.807, 2.05) is 28.8 Å². The van der Waals surface area contributed by atoms with Crippen LogP contribution in [0.15, 0.2) is 46.9 Å². The molecule has 126 valence electrons. The SMILES string of the molecule is CCNC(=NCc1nnc2ccccn12)NCC(C)c1cccs1. The molecule has 0 aliphatic rings. The number of thiophene rings is 1. The number of fused-ring (bicyclic) bond motifs is 1. The first-order chi connectivity index (χ1) is 11.8. The van der Waals surface area contributed by atoms with E-state index in [4.69, 9.17) is 0 Å². The second-order valence-corrected chi connectivity index (χ2v) is 6.52. The third-order valence-electron chi connectivity index (χ3n) is 3.71. The average Bonchev–Trinajstić information content (AvgIpc) is 3.27. The maximum Gasteiger partial charge on any atom is 0.191 e. The highest BCUT2D eigenvalue weighted by molar-refractivity contribution is 7.10. The lowest BCUT2D eigenvalue weighted by Crippen LogP contribution is -2.39. The van der Waals surface area contributed by atoms with Gasteiger partial charge in [-0.25, -0.2) is 4.99 Å². The van der Waals surface area contributed by atoms with Gasteiger partial charge in [0, 0.05) is 30.1 Å². The number of nitrogens with one attached hydrogen (secondary N) is 2. The van der Waals surface area contributed by atoms with Gasteiger partial charge in [-0.2, -0.15) is 0 Å². The first kappa shape index (κ1) is 16.4. The predicted molar refractivity (Wildman–Crippen MR) is 98.5 cm³/mol. The highest BCUT2D eigenvalue weighted by atomic mass is 32.1. The summed E-state index contributed by atoms with van der Waals surface area (Å²) >= 11 is 1.79. The van der Waals surface area contributed by atoms with Gasteiger partial charge in [-0.1, -0.05) is 19.1 Å². The summed E-state index contributed by atoms with van der Waals surface area (Å²) in [5, 5.41) is 17.2. The molecule has 3 aromatic rings. The minimum absolute atomic E-state index is 0.447. The summed E-state index contributed by atoms with van der Waals surface area (Å²) in [7, 11) is 0. The molecule has 24 heavy (non-hydrogen) atoms. The zero-order chi connectivity index (χ0) is 16.8. The normalized spacial score (nSPS) is 13.2. The minimum atomic E-state index is 0.447. The third kappa shape index (κ3) is 3.91. The van der Waals surface area contributed by atoms with Crippen molar-refractivity contribution in [2.75, 3.05) is 13.1 Å². The molecule has 0 bridgehead atoms. The topological polar surface area (TPSA) is 66.6 Å². The number of pyridine rings is 1. The number of rotatable bonds is 6. The van der Waals surface area contributed by atoms with Gasteiger partial charge in [-0.15, -0.1) is 21.5 Å². The first-order valence-corrected chi connectivity index (χ1v) is 9.00. The molecule has 0 saturated heterocycles. The van der Waals surface area contributed by atoms with Gasteiger partial charge in [0.1, 0.15) is 6.54 Å². The van der Waals surface area contributed by atoms with Crippen LogP contribution in [0.25, 0.3) is 5.65 Å². The molecule has 7 heteroatoms. The molecule has 1 unspecified atom stereocenters. The highest BCUT2D eigenvalue weighted by Crippen LogP contribution is 2.19. The van der Waals surface area contributed by atoms with Crippen LogP contribution in [0.2, 0.25) is 0 Å². The van der Waals surface area contributed by atoms with Gasteiger partial charge in [0.25, 0.3) is 0 Å². The van der Waals surface area contributed by atoms with E-state index in [1.165, 1.54) is 4.88 Å². The second kappa shape index (κ2) is 7.92. The Morgan fingerprint density at radius 3 is 2.96 bits per heavy atom. The van der Waals surface area contributed by atoms with Crippen LogP contribution in [0.5, 0.6) is 0 Å². The Morgan fingerprint density at radius 2 is 2.17 bits per heavy atom. The zero-order valence-corrected chi connectivity index (χ0v) is 14.8. The maximum atomic E-state index is 4.63. The van der Waals surface area contributed by atoms with E-state index in [0.717, 1.165) is 30.5 Å². The molecule has 0 radical (unpaired) electrons. The Kier molecular flexibility index (Phi) is 5.43. The van der Waals surface area contributed by atoms with Crippen molar-refractivity contribution in [3.63, 3.8) is 0 Å². The summed E-state index contributed by atoms with van der Waals surface area (Å²) in [5.74, 6) is 2.07. The van der Waals surface area contributed by atoms with Crippen molar-refractivity contribution in [1.82, 2.24) is 25.2 Å². The molecule has 3 rings (SSSR count). The predicted octanol–water partition coefficient (Wildman–Crippen LogP) is 2.65. The van der Waals surface area contributed by atoms with E-state index < -0.39 is 0 Å². The van der Waals surface area contributed by atoms with E-state index in [1.54, 1.807) is 11.3 Å². The Hall–Kier alpha value is -2.41. The standard InChI is InChI=1S/C17H22N6S/c1-3-18-17(19-11-13(2)14-7-6-10-24-14)20-12-16-22-21-15-8-4-5-9-23(15)16/h4-10,13H,3,11-12H2,1-2H3,(H2,18,19,20). The fourth-order valence-electron chi connectivity index (χ4n) is 2.41. The van der Waals surface area contributed by atoms with E-state index in [-0.39, 0.29) is 0 Å². The van der Waals surface area contributed by atoms with Crippen LogP contribution in [-0.2, 0) is 6.54 Å². The molecule has 0 spiro atoms. The van der Waals surface area contributed by atoms with Crippen molar-refractivity contribution in [2.45, 2.75) is 26.3 Å². The summed E-state index contributed by atoms with van der Waals surface area (Å²) in [6, 6.07) is 10.1. The molecule has 0 saturated carbocycles. The Balaban J connectivity index is 1.65. The average molecular weight is 342 g/mol. The molecule has 0 aliphatic heterocycles. The van der Waals surface area contributed by atoms with Gasteiger partial charge < -0.3 is 10.6 Å². The van der Waals surface area contributed by atoms with Gasteiger partial charge in [-0.05, 0) is 30.5 Å². The molecule has 1 atom stereocenters. The van der Waals surface area contributed by atoms with Gasteiger partial charge in [0.05, 0.1) is 0 Å². The fraction of sp³-hybridized carbons (Fsp3) is 0.353. The van der Waals surface area contributed by atoms with Gasteiger partial charge in [0.15, 0.2) is 17.4 Å². The zero-order valence-electron chi connectivity index (χ0n) is 13.9. The van der Waals surface area contributed by atoms with Crippen molar-refractivity contribution < 1.29 is 0 Å². The number of guanidine groups is 1. The van der Waals surface area contributed by atoms with Crippen molar-refractivity contribution in [2.24, 2.45) is 4.99 Å². The van der Waals surface area contributed by atoms with Crippen molar-refractivity contribution in [1.29, 1.82) is 0 Å². The molecular weight excluding hydrogens is 320 g/mol. The van der Waals surface area contributed by atoms with Gasteiger partial charge in [0.2, 0.25) is 0 Å². The Bertz CT molecular complexity index is 792.